The average molecular weight is 347 g/mol. The van der Waals surface area contributed by atoms with Crippen molar-refractivity contribution in [2.24, 2.45) is 0 Å². The molecule has 0 radical (unpaired) electrons. The normalized spacial score (nSPS) is 16.5. The molecule has 0 unspecified atom stereocenters. The summed E-state index contributed by atoms with van der Waals surface area (Å²) in [7, 11) is -3.46. The minimum Gasteiger partial charge on any atom is -0.378 e. The van der Waals surface area contributed by atoms with E-state index < -0.39 is 10.0 Å². The monoisotopic (exact) mass is 347 g/mol. The minimum atomic E-state index is -3.46. The second-order valence-electron chi connectivity index (χ2n) is 6.39. The van der Waals surface area contributed by atoms with Crippen molar-refractivity contribution in [1.29, 1.82) is 0 Å². The lowest BCUT2D eigenvalue weighted by atomic mass is 9.98. The highest BCUT2D eigenvalue weighted by atomic mass is 32.2. The maximum absolute atomic E-state index is 12.4. The van der Waals surface area contributed by atoms with E-state index in [1.165, 1.54) is 19.3 Å². The van der Waals surface area contributed by atoms with Crippen LogP contribution in [0.5, 0.6) is 0 Å². The molecule has 2 aromatic carbocycles. The number of hydrogen-bond donors (Lipinski definition) is 1. The van der Waals surface area contributed by atoms with Crippen LogP contribution in [0.25, 0.3) is 10.8 Å². The number of rotatable bonds is 7. The van der Waals surface area contributed by atoms with Crippen LogP contribution in [-0.2, 0) is 14.8 Å². The molecule has 0 spiro atoms. The van der Waals surface area contributed by atoms with Gasteiger partial charge in [0.25, 0.3) is 0 Å². The first kappa shape index (κ1) is 17.4. The highest BCUT2D eigenvalue weighted by Gasteiger charge is 2.15. The zero-order valence-corrected chi connectivity index (χ0v) is 14.7. The summed E-state index contributed by atoms with van der Waals surface area (Å²) >= 11 is 0. The van der Waals surface area contributed by atoms with Crippen LogP contribution in [0.15, 0.2) is 47.4 Å². The SMILES string of the molecule is O=S(=O)(NCCCOC1CCCCC1)c1ccc2ccccc2c1. The van der Waals surface area contributed by atoms with Gasteiger partial charge in [-0.2, -0.15) is 0 Å². The van der Waals surface area contributed by atoms with Crippen molar-refractivity contribution in [2.75, 3.05) is 13.2 Å². The van der Waals surface area contributed by atoms with Crippen LogP contribution >= 0.6 is 0 Å². The molecule has 0 aromatic heterocycles. The second kappa shape index (κ2) is 8.10. The topological polar surface area (TPSA) is 55.4 Å². The molecule has 2 aromatic rings. The molecular weight excluding hydrogens is 322 g/mol. The molecule has 4 nitrogen and oxygen atoms in total. The van der Waals surface area contributed by atoms with E-state index >= 15 is 0 Å². The van der Waals surface area contributed by atoms with Gasteiger partial charge in [-0.3, -0.25) is 0 Å². The Morgan fingerprint density at radius 3 is 2.54 bits per heavy atom. The predicted octanol–water partition coefficient (Wildman–Crippen LogP) is 3.86. The Morgan fingerprint density at radius 1 is 1.00 bits per heavy atom. The summed E-state index contributed by atoms with van der Waals surface area (Å²) in [6, 6.07) is 13.0. The second-order valence-corrected chi connectivity index (χ2v) is 8.16. The van der Waals surface area contributed by atoms with E-state index in [0.717, 1.165) is 23.6 Å². The Labute approximate surface area is 144 Å². The fraction of sp³-hybridized carbons (Fsp3) is 0.474. The smallest absolute Gasteiger partial charge is 0.240 e. The van der Waals surface area contributed by atoms with Gasteiger partial charge in [-0.05, 0) is 42.2 Å². The standard InChI is InChI=1S/C19H25NO3S/c21-24(22,19-12-11-16-7-4-5-8-17(16)15-19)20-13-6-14-23-18-9-2-1-3-10-18/h4-5,7-8,11-12,15,18,20H,1-3,6,9-10,13-14H2. The molecule has 1 fully saturated rings. The quantitative estimate of drug-likeness (QED) is 0.774. The summed E-state index contributed by atoms with van der Waals surface area (Å²) in [5.74, 6) is 0. The van der Waals surface area contributed by atoms with Gasteiger partial charge < -0.3 is 4.74 Å². The molecule has 130 valence electrons. The highest BCUT2D eigenvalue weighted by Crippen LogP contribution is 2.20. The molecule has 0 bridgehead atoms. The first-order chi connectivity index (χ1) is 11.6. The summed E-state index contributed by atoms with van der Waals surface area (Å²) in [4.78, 5) is 0.314. The van der Waals surface area contributed by atoms with Gasteiger partial charge in [-0.15, -0.1) is 0 Å². The van der Waals surface area contributed by atoms with Crippen molar-refractivity contribution in [1.82, 2.24) is 4.72 Å². The summed E-state index contributed by atoms with van der Waals surface area (Å²) in [5.41, 5.74) is 0. The van der Waals surface area contributed by atoms with Gasteiger partial charge in [0.2, 0.25) is 10.0 Å². The number of nitrogens with one attached hydrogen (secondary N) is 1. The molecule has 3 rings (SSSR count). The minimum absolute atomic E-state index is 0.314. The fourth-order valence-electron chi connectivity index (χ4n) is 3.18. The lowest BCUT2D eigenvalue weighted by molar-refractivity contribution is 0.0278. The van der Waals surface area contributed by atoms with Crippen LogP contribution < -0.4 is 4.72 Å². The molecule has 1 N–H and O–H groups in total. The van der Waals surface area contributed by atoms with Crippen LogP contribution in [0.2, 0.25) is 0 Å². The van der Waals surface area contributed by atoms with Gasteiger partial charge in [0.1, 0.15) is 0 Å². The van der Waals surface area contributed by atoms with E-state index in [0.29, 0.717) is 30.6 Å². The zero-order chi connectivity index (χ0) is 16.8. The maximum atomic E-state index is 12.4. The molecule has 1 saturated carbocycles. The molecule has 5 heteroatoms. The molecule has 0 saturated heterocycles. The summed E-state index contributed by atoms with van der Waals surface area (Å²) in [6.07, 6.45) is 7.16. The van der Waals surface area contributed by atoms with E-state index in [-0.39, 0.29) is 0 Å². The third kappa shape index (κ3) is 4.56. The van der Waals surface area contributed by atoms with Gasteiger partial charge in [0, 0.05) is 13.2 Å². The number of hydrogen-bond acceptors (Lipinski definition) is 3. The van der Waals surface area contributed by atoms with Crippen molar-refractivity contribution in [3.8, 4) is 0 Å². The molecule has 1 aliphatic rings. The predicted molar refractivity (Wildman–Crippen MR) is 96.6 cm³/mol. The molecular formula is C19H25NO3S. The van der Waals surface area contributed by atoms with E-state index in [1.54, 1.807) is 12.1 Å². The number of sulfonamides is 1. The maximum Gasteiger partial charge on any atom is 0.240 e. The van der Waals surface area contributed by atoms with Gasteiger partial charge >= 0.3 is 0 Å². The highest BCUT2D eigenvalue weighted by molar-refractivity contribution is 7.89. The van der Waals surface area contributed by atoms with Crippen molar-refractivity contribution in [3.63, 3.8) is 0 Å². The molecule has 0 aliphatic heterocycles. The van der Waals surface area contributed by atoms with Crippen LogP contribution in [-0.4, -0.2) is 27.7 Å². The molecule has 24 heavy (non-hydrogen) atoms. The van der Waals surface area contributed by atoms with Crippen LogP contribution in [0.1, 0.15) is 38.5 Å². The number of benzene rings is 2. The Balaban J connectivity index is 1.49. The largest absolute Gasteiger partial charge is 0.378 e. The first-order valence-corrected chi connectivity index (χ1v) is 10.2. The van der Waals surface area contributed by atoms with Crippen LogP contribution in [0.4, 0.5) is 0 Å². The summed E-state index contributed by atoms with van der Waals surface area (Å²) in [5, 5.41) is 1.97. The third-order valence-electron chi connectivity index (χ3n) is 4.55. The van der Waals surface area contributed by atoms with Crippen molar-refractivity contribution in [2.45, 2.75) is 49.5 Å². The first-order valence-electron chi connectivity index (χ1n) is 8.75. The Kier molecular flexibility index (Phi) is 5.87. The van der Waals surface area contributed by atoms with E-state index in [4.69, 9.17) is 4.74 Å². The lowest BCUT2D eigenvalue weighted by Gasteiger charge is -2.21. The van der Waals surface area contributed by atoms with Gasteiger partial charge in [-0.1, -0.05) is 49.6 Å². The number of ether oxygens (including phenoxy) is 1. The van der Waals surface area contributed by atoms with E-state index in [9.17, 15) is 8.42 Å². The van der Waals surface area contributed by atoms with E-state index in [1.807, 2.05) is 30.3 Å². The van der Waals surface area contributed by atoms with Crippen LogP contribution in [0, 0.1) is 0 Å². The third-order valence-corrected chi connectivity index (χ3v) is 6.01. The van der Waals surface area contributed by atoms with Gasteiger partial charge in [-0.25, -0.2) is 13.1 Å². The summed E-state index contributed by atoms with van der Waals surface area (Å²) < 4.78 is 33.3. The zero-order valence-electron chi connectivity index (χ0n) is 13.9. The Morgan fingerprint density at radius 2 is 1.75 bits per heavy atom. The molecule has 0 amide bonds. The van der Waals surface area contributed by atoms with E-state index in [2.05, 4.69) is 4.72 Å². The lowest BCUT2D eigenvalue weighted by Crippen LogP contribution is -2.26. The van der Waals surface area contributed by atoms with Crippen molar-refractivity contribution in [3.05, 3.63) is 42.5 Å². The molecule has 0 heterocycles. The Hall–Kier alpha value is -1.43. The van der Waals surface area contributed by atoms with Gasteiger partial charge in [0.05, 0.1) is 11.0 Å². The van der Waals surface area contributed by atoms with Gasteiger partial charge in [0.15, 0.2) is 0 Å². The fourth-order valence-corrected chi connectivity index (χ4v) is 4.29. The summed E-state index contributed by atoms with van der Waals surface area (Å²) in [6.45, 7) is 1.02. The van der Waals surface area contributed by atoms with Crippen LogP contribution in [0.3, 0.4) is 0 Å². The molecule has 0 atom stereocenters. The average Bonchev–Trinajstić information content (AvgIpc) is 2.62. The molecule has 1 aliphatic carbocycles. The van der Waals surface area contributed by atoms with Crippen molar-refractivity contribution >= 4 is 20.8 Å². The Bertz CT molecular complexity index is 767. The number of fused-ring (bicyclic) bond motifs is 1. The van der Waals surface area contributed by atoms with Crippen molar-refractivity contribution < 1.29 is 13.2 Å².